The van der Waals surface area contributed by atoms with E-state index >= 15 is 0 Å². The van der Waals surface area contributed by atoms with Crippen molar-refractivity contribution < 1.29 is 13.2 Å². The van der Waals surface area contributed by atoms with Crippen LogP contribution in [0.5, 0.6) is 0 Å². The molecule has 2 N–H and O–H groups in total. The van der Waals surface area contributed by atoms with E-state index in [0.29, 0.717) is 5.39 Å². The highest BCUT2D eigenvalue weighted by Crippen LogP contribution is 2.32. The summed E-state index contributed by atoms with van der Waals surface area (Å²) >= 11 is 0. The Labute approximate surface area is 96.3 Å². The molecule has 1 aromatic carbocycles. The molecule has 0 aliphatic rings. The zero-order chi connectivity index (χ0) is 12.6. The first-order valence-corrected chi connectivity index (χ1v) is 5.18. The summed E-state index contributed by atoms with van der Waals surface area (Å²) in [5, 5.41) is 0.567. The summed E-state index contributed by atoms with van der Waals surface area (Å²) in [6.07, 6.45) is -3.66. The number of hydrogen-bond donors (Lipinski definition) is 1. The molecular weight excluding hydrogens is 229 g/mol. The van der Waals surface area contributed by atoms with E-state index in [1.54, 1.807) is 18.2 Å². The predicted molar refractivity (Wildman–Crippen MR) is 60.5 cm³/mol. The van der Waals surface area contributed by atoms with Crippen molar-refractivity contribution in [3.63, 3.8) is 0 Å². The first-order valence-electron chi connectivity index (χ1n) is 5.18. The van der Waals surface area contributed by atoms with Crippen LogP contribution in [0.2, 0.25) is 0 Å². The molecule has 17 heavy (non-hydrogen) atoms. The maximum absolute atomic E-state index is 12.5. The molecule has 0 aliphatic carbocycles. The summed E-state index contributed by atoms with van der Waals surface area (Å²) in [5.41, 5.74) is 6.09. The van der Waals surface area contributed by atoms with Gasteiger partial charge >= 0.3 is 6.18 Å². The fourth-order valence-electron chi connectivity index (χ4n) is 1.66. The van der Waals surface area contributed by atoms with E-state index in [1.807, 2.05) is 6.92 Å². The lowest BCUT2D eigenvalue weighted by Crippen LogP contribution is -2.09. The lowest BCUT2D eigenvalue weighted by atomic mass is 10.1. The normalized spacial score (nSPS) is 12.0. The molecular formula is C12H11F3N2. The Kier molecular flexibility index (Phi) is 2.69. The Morgan fingerprint density at radius 2 is 1.94 bits per heavy atom. The predicted octanol–water partition coefficient (Wildman–Crippen LogP) is 3.40. The first-order chi connectivity index (χ1) is 7.91. The van der Waals surface area contributed by atoms with Crippen molar-refractivity contribution in [3.05, 3.63) is 35.5 Å². The number of fused-ring (bicyclic) bond motifs is 1. The van der Waals surface area contributed by atoms with Crippen LogP contribution < -0.4 is 5.73 Å². The van der Waals surface area contributed by atoms with Gasteiger partial charge in [0.05, 0.1) is 5.52 Å². The summed E-state index contributed by atoms with van der Waals surface area (Å²) < 4.78 is 37.6. The van der Waals surface area contributed by atoms with E-state index in [-0.39, 0.29) is 11.2 Å². The highest BCUT2D eigenvalue weighted by molar-refractivity contribution is 5.90. The second-order valence-electron chi connectivity index (χ2n) is 3.80. The Morgan fingerprint density at radius 1 is 1.24 bits per heavy atom. The van der Waals surface area contributed by atoms with Gasteiger partial charge in [-0.25, -0.2) is 4.98 Å². The minimum Gasteiger partial charge on any atom is -0.398 e. The van der Waals surface area contributed by atoms with Gasteiger partial charge in [0.2, 0.25) is 0 Å². The third-order valence-corrected chi connectivity index (χ3v) is 2.60. The van der Waals surface area contributed by atoms with Crippen LogP contribution >= 0.6 is 0 Å². The molecule has 2 aromatic rings. The SMILES string of the molecule is CCc1ccc2nc(C(F)(F)F)cc(N)c2c1. The molecule has 0 aliphatic heterocycles. The lowest BCUT2D eigenvalue weighted by molar-refractivity contribution is -0.140. The summed E-state index contributed by atoms with van der Waals surface area (Å²) in [4.78, 5) is 3.58. The minimum absolute atomic E-state index is 0.109. The maximum Gasteiger partial charge on any atom is 0.433 e. The standard InChI is InChI=1S/C12H11F3N2/c1-2-7-3-4-10-8(5-7)9(16)6-11(17-10)12(13,14)15/h3-6H,2H2,1H3,(H2,16,17). The van der Waals surface area contributed by atoms with E-state index < -0.39 is 11.9 Å². The van der Waals surface area contributed by atoms with E-state index in [2.05, 4.69) is 4.98 Å². The van der Waals surface area contributed by atoms with E-state index in [9.17, 15) is 13.2 Å². The van der Waals surface area contributed by atoms with Gasteiger partial charge in [-0.3, -0.25) is 0 Å². The molecule has 2 nitrogen and oxygen atoms in total. The smallest absolute Gasteiger partial charge is 0.398 e. The van der Waals surface area contributed by atoms with Crippen LogP contribution in [0.15, 0.2) is 24.3 Å². The molecule has 0 unspecified atom stereocenters. The molecule has 0 saturated heterocycles. The van der Waals surface area contributed by atoms with E-state index in [0.717, 1.165) is 18.1 Å². The number of nitrogens with zero attached hydrogens (tertiary/aromatic N) is 1. The largest absolute Gasteiger partial charge is 0.433 e. The molecule has 0 spiro atoms. The van der Waals surface area contributed by atoms with Gasteiger partial charge in [0.25, 0.3) is 0 Å². The summed E-state index contributed by atoms with van der Waals surface area (Å²) in [6.45, 7) is 1.97. The third kappa shape index (κ3) is 2.18. The van der Waals surface area contributed by atoms with Crippen LogP contribution in [-0.2, 0) is 12.6 Å². The number of halogens is 3. The second-order valence-corrected chi connectivity index (χ2v) is 3.80. The van der Waals surface area contributed by atoms with Crippen LogP contribution in [0.1, 0.15) is 18.2 Å². The molecule has 0 radical (unpaired) electrons. The molecule has 0 bridgehead atoms. The van der Waals surface area contributed by atoms with Gasteiger partial charge in [-0.1, -0.05) is 13.0 Å². The molecule has 0 saturated carbocycles. The topological polar surface area (TPSA) is 38.9 Å². The average molecular weight is 240 g/mol. The number of benzene rings is 1. The van der Waals surface area contributed by atoms with Crippen LogP contribution in [0.3, 0.4) is 0 Å². The first kappa shape index (κ1) is 11.7. The fraction of sp³-hybridized carbons (Fsp3) is 0.250. The Bertz CT molecular complexity index is 561. The number of nitrogen functional groups attached to an aromatic ring is 1. The molecule has 0 amide bonds. The number of aryl methyl sites for hydroxylation is 1. The Hall–Kier alpha value is -1.78. The van der Waals surface area contributed by atoms with Gasteiger partial charge in [-0.05, 0) is 30.2 Å². The van der Waals surface area contributed by atoms with Crippen molar-refractivity contribution >= 4 is 16.6 Å². The van der Waals surface area contributed by atoms with Crippen molar-refractivity contribution in [2.24, 2.45) is 0 Å². The second kappa shape index (κ2) is 3.91. The summed E-state index contributed by atoms with van der Waals surface area (Å²) in [7, 11) is 0. The van der Waals surface area contributed by atoms with Crippen molar-refractivity contribution in [1.82, 2.24) is 4.98 Å². The number of pyridine rings is 1. The fourth-order valence-corrected chi connectivity index (χ4v) is 1.66. The molecule has 1 aromatic heterocycles. The van der Waals surface area contributed by atoms with Crippen molar-refractivity contribution in [1.29, 1.82) is 0 Å². The van der Waals surface area contributed by atoms with Gasteiger partial charge in [0.1, 0.15) is 5.69 Å². The van der Waals surface area contributed by atoms with Gasteiger partial charge in [-0.2, -0.15) is 13.2 Å². The zero-order valence-electron chi connectivity index (χ0n) is 9.17. The quantitative estimate of drug-likeness (QED) is 0.829. The van der Waals surface area contributed by atoms with Gasteiger partial charge in [0.15, 0.2) is 0 Å². The van der Waals surface area contributed by atoms with Crippen LogP contribution in [-0.4, -0.2) is 4.98 Å². The zero-order valence-corrected chi connectivity index (χ0v) is 9.17. The summed E-state index contributed by atoms with van der Waals surface area (Å²) in [6, 6.07) is 5.98. The Balaban J connectivity index is 2.68. The number of alkyl halides is 3. The molecule has 0 fully saturated rings. The van der Waals surface area contributed by atoms with E-state index in [4.69, 9.17) is 5.73 Å². The van der Waals surface area contributed by atoms with Crippen LogP contribution in [0.4, 0.5) is 18.9 Å². The number of nitrogens with two attached hydrogens (primary N) is 1. The number of rotatable bonds is 1. The molecule has 0 atom stereocenters. The molecule has 5 heteroatoms. The molecule has 2 rings (SSSR count). The number of hydrogen-bond acceptors (Lipinski definition) is 2. The minimum atomic E-state index is -4.47. The number of anilines is 1. The molecule has 1 heterocycles. The van der Waals surface area contributed by atoms with Crippen molar-refractivity contribution in [2.45, 2.75) is 19.5 Å². The maximum atomic E-state index is 12.5. The Morgan fingerprint density at radius 3 is 2.53 bits per heavy atom. The van der Waals surface area contributed by atoms with E-state index in [1.165, 1.54) is 0 Å². The monoisotopic (exact) mass is 240 g/mol. The molecule has 90 valence electrons. The third-order valence-electron chi connectivity index (χ3n) is 2.60. The van der Waals surface area contributed by atoms with Crippen molar-refractivity contribution in [3.8, 4) is 0 Å². The van der Waals surface area contributed by atoms with Crippen LogP contribution in [0.25, 0.3) is 10.9 Å². The van der Waals surface area contributed by atoms with Crippen molar-refractivity contribution in [2.75, 3.05) is 5.73 Å². The highest BCUT2D eigenvalue weighted by atomic mass is 19.4. The average Bonchev–Trinajstić information content (AvgIpc) is 2.27. The highest BCUT2D eigenvalue weighted by Gasteiger charge is 2.33. The van der Waals surface area contributed by atoms with Crippen LogP contribution in [0, 0.1) is 0 Å². The van der Waals surface area contributed by atoms with Gasteiger partial charge in [-0.15, -0.1) is 0 Å². The summed E-state index contributed by atoms with van der Waals surface area (Å²) in [5.74, 6) is 0. The van der Waals surface area contributed by atoms with Gasteiger partial charge < -0.3 is 5.73 Å². The van der Waals surface area contributed by atoms with Gasteiger partial charge in [0, 0.05) is 11.1 Å². The number of aromatic nitrogens is 1. The lowest BCUT2D eigenvalue weighted by Gasteiger charge is -2.09.